The Hall–Kier alpha value is -1.06. The number of hydrogen-bond donors (Lipinski definition) is 2. The number of methoxy groups -OCH3 is 1. The third-order valence-corrected chi connectivity index (χ3v) is 1.72. The van der Waals surface area contributed by atoms with E-state index in [1.54, 1.807) is 31.4 Å². The molecule has 0 bridgehead atoms. The highest BCUT2D eigenvalue weighted by Crippen LogP contribution is 2.16. The van der Waals surface area contributed by atoms with Crippen molar-refractivity contribution in [2.24, 2.45) is 5.73 Å². The summed E-state index contributed by atoms with van der Waals surface area (Å²) in [6, 6.07) is 7.20. The Morgan fingerprint density at radius 1 is 1.42 bits per heavy atom. The van der Waals surface area contributed by atoms with Crippen LogP contribution >= 0.6 is 0 Å². The van der Waals surface area contributed by atoms with E-state index in [9.17, 15) is 5.11 Å². The molecule has 0 fully saturated rings. The van der Waals surface area contributed by atoms with Gasteiger partial charge in [-0.15, -0.1) is 0 Å². The summed E-state index contributed by atoms with van der Waals surface area (Å²) in [5.41, 5.74) is 6.11. The van der Waals surface area contributed by atoms with Crippen LogP contribution in [-0.2, 0) is 0 Å². The zero-order valence-electron chi connectivity index (χ0n) is 7.03. The minimum absolute atomic E-state index is 0.242. The molecule has 0 saturated carbocycles. The van der Waals surface area contributed by atoms with E-state index in [4.69, 9.17) is 10.5 Å². The van der Waals surface area contributed by atoms with Gasteiger partial charge in [0.05, 0.1) is 13.2 Å². The second-order valence-corrected chi connectivity index (χ2v) is 2.52. The van der Waals surface area contributed by atoms with Gasteiger partial charge in [-0.1, -0.05) is 12.1 Å². The smallest absolute Gasteiger partial charge is 0.118 e. The second kappa shape index (κ2) is 4.09. The van der Waals surface area contributed by atoms with Gasteiger partial charge in [0.15, 0.2) is 0 Å². The van der Waals surface area contributed by atoms with E-state index in [1.165, 1.54) is 0 Å². The fourth-order valence-corrected chi connectivity index (χ4v) is 0.962. The van der Waals surface area contributed by atoms with Crippen molar-refractivity contribution in [2.75, 3.05) is 13.7 Å². The van der Waals surface area contributed by atoms with Crippen molar-refractivity contribution in [3.05, 3.63) is 29.8 Å². The number of ether oxygens (including phenoxy) is 1. The summed E-state index contributed by atoms with van der Waals surface area (Å²) < 4.78 is 4.97. The van der Waals surface area contributed by atoms with E-state index in [0.717, 1.165) is 11.3 Å². The van der Waals surface area contributed by atoms with Crippen LogP contribution in [0.25, 0.3) is 0 Å². The summed E-state index contributed by atoms with van der Waals surface area (Å²) in [5, 5.41) is 9.33. The van der Waals surface area contributed by atoms with Crippen molar-refractivity contribution in [2.45, 2.75) is 6.10 Å². The van der Waals surface area contributed by atoms with Crippen LogP contribution < -0.4 is 10.5 Å². The first-order valence-electron chi connectivity index (χ1n) is 3.80. The summed E-state index contributed by atoms with van der Waals surface area (Å²) in [4.78, 5) is 0. The van der Waals surface area contributed by atoms with E-state index < -0.39 is 6.10 Å². The molecule has 3 N–H and O–H groups in total. The third kappa shape index (κ3) is 1.96. The maximum Gasteiger partial charge on any atom is 0.118 e. The number of hydrogen-bond acceptors (Lipinski definition) is 3. The summed E-state index contributed by atoms with van der Waals surface area (Å²) in [6.45, 7) is 0.242. The number of benzene rings is 1. The first kappa shape index (κ1) is 9.03. The SMILES string of the molecule is COc1ccc([C@H](O)CN)cc1. The Bertz CT molecular complexity index is 233. The van der Waals surface area contributed by atoms with Crippen molar-refractivity contribution < 1.29 is 9.84 Å². The minimum atomic E-state index is -0.573. The molecule has 0 saturated heterocycles. The highest BCUT2D eigenvalue weighted by molar-refractivity contribution is 5.28. The van der Waals surface area contributed by atoms with E-state index >= 15 is 0 Å². The lowest BCUT2D eigenvalue weighted by Gasteiger charge is -2.07. The molecule has 0 amide bonds. The van der Waals surface area contributed by atoms with Gasteiger partial charge in [0, 0.05) is 6.54 Å². The monoisotopic (exact) mass is 167 g/mol. The lowest BCUT2D eigenvalue weighted by Crippen LogP contribution is -2.11. The summed E-state index contributed by atoms with van der Waals surface area (Å²) >= 11 is 0. The molecule has 0 aromatic heterocycles. The van der Waals surface area contributed by atoms with Crippen molar-refractivity contribution in [1.82, 2.24) is 0 Å². The van der Waals surface area contributed by atoms with Gasteiger partial charge in [-0.2, -0.15) is 0 Å². The fourth-order valence-electron chi connectivity index (χ4n) is 0.962. The van der Waals surface area contributed by atoms with Gasteiger partial charge in [-0.05, 0) is 17.7 Å². The Balaban J connectivity index is 2.77. The predicted octanol–water partition coefficient (Wildman–Crippen LogP) is 0.687. The molecule has 3 heteroatoms. The Morgan fingerprint density at radius 3 is 2.42 bits per heavy atom. The maximum absolute atomic E-state index is 9.33. The Kier molecular flexibility index (Phi) is 3.08. The van der Waals surface area contributed by atoms with Gasteiger partial charge < -0.3 is 15.6 Å². The molecular weight excluding hydrogens is 154 g/mol. The van der Waals surface area contributed by atoms with Gasteiger partial charge in [0.1, 0.15) is 5.75 Å². The third-order valence-electron chi connectivity index (χ3n) is 1.72. The zero-order valence-corrected chi connectivity index (χ0v) is 7.03. The van der Waals surface area contributed by atoms with Crippen molar-refractivity contribution in [3.63, 3.8) is 0 Å². The molecule has 12 heavy (non-hydrogen) atoms. The quantitative estimate of drug-likeness (QED) is 0.696. The molecule has 0 aliphatic rings. The molecule has 0 unspecified atom stereocenters. The molecule has 0 heterocycles. The normalized spacial score (nSPS) is 12.6. The lowest BCUT2D eigenvalue weighted by molar-refractivity contribution is 0.186. The van der Waals surface area contributed by atoms with Gasteiger partial charge in [-0.25, -0.2) is 0 Å². The molecular formula is C9H13NO2. The standard InChI is InChI=1S/C9H13NO2/c1-12-8-4-2-7(3-5-8)9(11)6-10/h2-5,9,11H,6,10H2,1H3/t9-/m1/s1. The largest absolute Gasteiger partial charge is 0.497 e. The van der Waals surface area contributed by atoms with Crippen molar-refractivity contribution in [1.29, 1.82) is 0 Å². The maximum atomic E-state index is 9.33. The van der Waals surface area contributed by atoms with Crippen LogP contribution in [0.5, 0.6) is 5.75 Å². The van der Waals surface area contributed by atoms with Crippen LogP contribution in [0.3, 0.4) is 0 Å². The molecule has 0 spiro atoms. The lowest BCUT2D eigenvalue weighted by atomic mass is 10.1. The number of nitrogens with two attached hydrogens (primary N) is 1. The summed E-state index contributed by atoms with van der Waals surface area (Å²) in [5.74, 6) is 0.781. The van der Waals surface area contributed by atoms with Gasteiger partial charge in [0.25, 0.3) is 0 Å². The average Bonchev–Trinajstić information content (AvgIpc) is 2.17. The first-order valence-corrected chi connectivity index (χ1v) is 3.80. The van der Waals surface area contributed by atoms with Crippen molar-refractivity contribution in [3.8, 4) is 5.75 Å². The Morgan fingerprint density at radius 2 is 2.00 bits per heavy atom. The van der Waals surface area contributed by atoms with Crippen LogP contribution in [0, 0.1) is 0 Å². The minimum Gasteiger partial charge on any atom is -0.497 e. The first-order chi connectivity index (χ1) is 5.77. The van der Waals surface area contributed by atoms with Crippen LogP contribution in [0.1, 0.15) is 11.7 Å². The van der Waals surface area contributed by atoms with E-state index in [0.29, 0.717) is 0 Å². The molecule has 1 rings (SSSR count). The van der Waals surface area contributed by atoms with Crippen LogP contribution in [0.4, 0.5) is 0 Å². The molecule has 66 valence electrons. The van der Waals surface area contributed by atoms with Gasteiger partial charge in [-0.3, -0.25) is 0 Å². The van der Waals surface area contributed by atoms with Crippen LogP contribution in [0.2, 0.25) is 0 Å². The summed E-state index contributed by atoms with van der Waals surface area (Å²) in [6.07, 6.45) is -0.573. The molecule has 0 aliphatic heterocycles. The molecule has 1 atom stereocenters. The van der Waals surface area contributed by atoms with E-state index in [-0.39, 0.29) is 6.54 Å². The van der Waals surface area contributed by atoms with Gasteiger partial charge >= 0.3 is 0 Å². The molecule has 0 aliphatic carbocycles. The second-order valence-electron chi connectivity index (χ2n) is 2.52. The average molecular weight is 167 g/mol. The predicted molar refractivity (Wildman–Crippen MR) is 47.0 cm³/mol. The molecule has 1 aromatic carbocycles. The number of rotatable bonds is 3. The number of aliphatic hydroxyl groups excluding tert-OH is 1. The topological polar surface area (TPSA) is 55.5 Å². The molecule has 1 aromatic rings. The van der Waals surface area contributed by atoms with E-state index in [1.807, 2.05) is 0 Å². The highest BCUT2D eigenvalue weighted by atomic mass is 16.5. The van der Waals surface area contributed by atoms with Crippen LogP contribution in [0.15, 0.2) is 24.3 Å². The summed E-state index contributed by atoms with van der Waals surface area (Å²) in [7, 11) is 1.61. The zero-order chi connectivity index (χ0) is 8.97. The Labute approximate surface area is 71.8 Å². The van der Waals surface area contributed by atoms with Crippen molar-refractivity contribution >= 4 is 0 Å². The number of aliphatic hydroxyl groups is 1. The van der Waals surface area contributed by atoms with E-state index in [2.05, 4.69) is 0 Å². The van der Waals surface area contributed by atoms with Gasteiger partial charge in [0.2, 0.25) is 0 Å². The van der Waals surface area contributed by atoms with Crippen LogP contribution in [-0.4, -0.2) is 18.8 Å². The molecule has 3 nitrogen and oxygen atoms in total. The fraction of sp³-hybridized carbons (Fsp3) is 0.333. The highest BCUT2D eigenvalue weighted by Gasteiger charge is 2.03. The molecule has 0 radical (unpaired) electrons.